The number of halogens is 1. The number of ether oxygens (including phenoxy) is 3. The topological polar surface area (TPSA) is 44.8 Å². The van der Waals surface area contributed by atoms with Gasteiger partial charge in [0.1, 0.15) is 0 Å². The van der Waals surface area contributed by atoms with Crippen molar-refractivity contribution in [3.05, 3.63) is 34.9 Å². The van der Waals surface area contributed by atoms with Gasteiger partial charge in [0.05, 0.1) is 12.7 Å². The number of carbonyl (C=O) groups excluding carboxylic acids is 1. The van der Waals surface area contributed by atoms with Crippen LogP contribution in [0.4, 0.5) is 0 Å². The van der Waals surface area contributed by atoms with Gasteiger partial charge in [-0.3, -0.25) is 4.79 Å². The SMILES string of the molecule is CCC(CC)(OC)O[C@@H](CCOC=O)[C@@H](C)c1ccccc1Cl. The quantitative estimate of drug-likeness (QED) is 0.336. The summed E-state index contributed by atoms with van der Waals surface area (Å²) in [5.74, 6) is -0.590. The Morgan fingerprint density at radius 3 is 2.43 bits per heavy atom. The summed E-state index contributed by atoms with van der Waals surface area (Å²) in [6.07, 6.45) is 1.88. The summed E-state index contributed by atoms with van der Waals surface area (Å²) in [6, 6.07) is 7.73. The molecule has 1 aromatic rings. The lowest BCUT2D eigenvalue weighted by Crippen LogP contribution is -2.40. The van der Waals surface area contributed by atoms with Crippen LogP contribution in [0.15, 0.2) is 24.3 Å². The summed E-state index contributed by atoms with van der Waals surface area (Å²) >= 11 is 6.32. The smallest absolute Gasteiger partial charge is 0.293 e. The minimum Gasteiger partial charge on any atom is -0.468 e. The number of carbonyl (C=O) groups is 1. The standard InChI is InChI=1S/C18H27ClO4/c1-5-18(6-2,21-4)23-17(11-12-22-13-20)14(3)15-9-7-8-10-16(15)19/h7-10,13-14,17H,5-6,11-12H2,1-4H3/t14-,17-/m0/s1. The highest BCUT2D eigenvalue weighted by atomic mass is 35.5. The Hall–Kier alpha value is -1.10. The maximum Gasteiger partial charge on any atom is 0.293 e. The molecule has 130 valence electrons. The Morgan fingerprint density at radius 1 is 1.26 bits per heavy atom. The molecule has 0 aromatic heterocycles. The van der Waals surface area contributed by atoms with Crippen molar-refractivity contribution in [2.45, 2.75) is 57.8 Å². The van der Waals surface area contributed by atoms with Crippen molar-refractivity contribution in [3.8, 4) is 0 Å². The molecule has 0 saturated carbocycles. The van der Waals surface area contributed by atoms with E-state index < -0.39 is 5.79 Å². The van der Waals surface area contributed by atoms with E-state index in [0.717, 1.165) is 18.4 Å². The Balaban J connectivity index is 2.99. The van der Waals surface area contributed by atoms with Crippen LogP contribution in [-0.2, 0) is 19.0 Å². The lowest BCUT2D eigenvalue weighted by atomic mass is 9.92. The van der Waals surface area contributed by atoms with Crippen LogP contribution < -0.4 is 0 Å². The van der Waals surface area contributed by atoms with Crippen molar-refractivity contribution in [1.82, 2.24) is 0 Å². The maximum absolute atomic E-state index is 10.4. The van der Waals surface area contributed by atoms with Gasteiger partial charge in [-0.25, -0.2) is 0 Å². The summed E-state index contributed by atoms with van der Waals surface area (Å²) < 4.78 is 16.8. The van der Waals surface area contributed by atoms with E-state index in [4.69, 9.17) is 25.8 Å². The lowest BCUT2D eigenvalue weighted by molar-refractivity contribution is -0.254. The van der Waals surface area contributed by atoms with E-state index in [1.54, 1.807) is 7.11 Å². The number of hydrogen-bond acceptors (Lipinski definition) is 4. The maximum atomic E-state index is 10.4. The van der Waals surface area contributed by atoms with Gasteiger partial charge in [-0.15, -0.1) is 0 Å². The molecule has 2 atom stereocenters. The minimum atomic E-state index is -0.638. The molecule has 0 spiro atoms. The molecular formula is C18H27ClO4. The molecule has 4 nitrogen and oxygen atoms in total. The third-order valence-corrected chi connectivity index (χ3v) is 4.70. The Bertz CT molecular complexity index is 466. The van der Waals surface area contributed by atoms with Crippen LogP contribution in [-0.4, -0.2) is 32.1 Å². The van der Waals surface area contributed by atoms with Crippen molar-refractivity contribution in [2.75, 3.05) is 13.7 Å². The van der Waals surface area contributed by atoms with Gasteiger partial charge in [0.25, 0.3) is 6.47 Å². The fraction of sp³-hybridized carbons (Fsp3) is 0.611. The number of methoxy groups -OCH3 is 1. The molecule has 0 unspecified atom stereocenters. The van der Waals surface area contributed by atoms with Crippen molar-refractivity contribution in [1.29, 1.82) is 0 Å². The molecule has 0 N–H and O–H groups in total. The molecule has 0 aliphatic heterocycles. The van der Waals surface area contributed by atoms with Crippen LogP contribution in [0.3, 0.4) is 0 Å². The van der Waals surface area contributed by atoms with E-state index in [1.807, 2.05) is 38.1 Å². The van der Waals surface area contributed by atoms with Crippen LogP contribution in [0.2, 0.25) is 5.02 Å². The predicted octanol–water partition coefficient (Wildman–Crippen LogP) is 4.55. The van der Waals surface area contributed by atoms with E-state index in [2.05, 4.69) is 6.92 Å². The van der Waals surface area contributed by atoms with Crippen LogP contribution in [0.1, 0.15) is 51.5 Å². The highest BCUT2D eigenvalue weighted by molar-refractivity contribution is 6.31. The van der Waals surface area contributed by atoms with Gasteiger partial charge in [-0.1, -0.05) is 50.6 Å². The normalized spacial score (nSPS) is 14.3. The van der Waals surface area contributed by atoms with Gasteiger partial charge < -0.3 is 14.2 Å². The van der Waals surface area contributed by atoms with Crippen LogP contribution >= 0.6 is 11.6 Å². The van der Waals surface area contributed by atoms with Crippen LogP contribution in [0.25, 0.3) is 0 Å². The summed E-state index contributed by atoms with van der Waals surface area (Å²) in [6.45, 7) is 6.90. The second kappa shape index (κ2) is 9.91. The van der Waals surface area contributed by atoms with Crippen molar-refractivity contribution in [3.63, 3.8) is 0 Å². The largest absolute Gasteiger partial charge is 0.468 e. The highest BCUT2D eigenvalue weighted by Gasteiger charge is 2.33. The molecule has 0 saturated heterocycles. The number of hydrogen-bond donors (Lipinski definition) is 0. The second-order valence-corrected chi connectivity index (χ2v) is 5.95. The summed E-state index contributed by atoms with van der Waals surface area (Å²) in [4.78, 5) is 10.4. The van der Waals surface area contributed by atoms with Crippen LogP contribution in [0, 0.1) is 0 Å². The molecule has 5 heteroatoms. The van der Waals surface area contributed by atoms with Gasteiger partial charge >= 0.3 is 0 Å². The Kier molecular flexibility index (Phi) is 8.59. The Labute approximate surface area is 144 Å². The third kappa shape index (κ3) is 5.48. The molecule has 0 aliphatic carbocycles. The highest BCUT2D eigenvalue weighted by Crippen LogP contribution is 2.34. The fourth-order valence-electron chi connectivity index (χ4n) is 2.72. The van der Waals surface area contributed by atoms with Gasteiger partial charge in [-0.05, 0) is 24.5 Å². The van der Waals surface area contributed by atoms with Gasteiger partial charge in [0.2, 0.25) is 0 Å². The zero-order valence-electron chi connectivity index (χ0n) is 14.4. The second-order valence-electron chi connectivity index (χ2n) is 5.54. The van der Waals surface area contributed by atoms with Gasteiger partial charge in [-0.2, -0.15) is 0 Å². The van der Waals surface area contributed by atoms with E-state index in [9.17, 15) is 4.79 Å². The van der Waals surface area contributed by atoms with E-state index in [0.29, 0.717) is 24.5 Å². The molecule has 0 amide bonds. The average molecular weight is 343 g/mol. The summed E-state index contributed by atoms with van der Waals surface area (Å²) in [5, 5.41) is 0.709. The zero-order valence-corrected chi connectivity index (χ0v) is 15.1. The molecule has 0 bridgehead atoms. The zero-order chi connectivity index (χ0) is 17.3. The molecule has 0 radical (unpaired) electrons. The molecule has 0 aliphatic rings. The molecule has 0 fully saturated rings. The third-order valence-electron chi connectivity index (χ3n) is 4.36. The fourth-order valence-corrected chi connectivity index (χ4v) is 3.03. The monoisotopic (exact) mass is 342 g/mol. The Morgan fingerprint density at radius 2 is 1.91 bits per heavy atom. The molecule has 1 rings (SSSR count). The first kappa shape index (κ1) is 19.9. The first-order valence-corrected chi connectivity index (χ1v) is 8.44. The number of benzene rings is 1. The molecular weight excluding hydrogens is 316 g/mol. The first-order chi connectivity index (χ1) is 11.0. The minimum absolute atomic E-state index is 0.0478. The molecule has 23 heavy (non-hydrogen) atoms. The first-order valence-electron chi connectivity index (χ1n) is 8.06. The lowest BCUT2D eigenvalue weighted by Gasteiger charge is -2.37. The average Bonchev–Trinajstić information content (AvgIpc) is 2.58. The van der Waals surface area contributed by atoms with Crippen molar-refractivity contribution >= 4 is 18.1 Å². The summed E-state index contributed by atoms with van der Waals surface area (Å²) in [7, 11) is 1.66. The van der Waals surface area contributed by atoms with Gasteiger partial charge in [0, 0.05) is 24.5 Å². The van der Waals surface area contributed by atoms with E-state index in [1.165, 1.54) is 0 Å². The van der Waals surface area contributed by atoms with Crippen molar-refractivity contribution < 1.29 is 19.0 Å². The predicted molar refractivity (Wildman–Crippen MR) is 91.7 cm³/mol. The molecule has 1 aromatic carbocycles. The molecule has 0 heterocycles. The van der Waals surface area contributed by atoms with E-state index >= 15 is 0 Å². The summed E-state index contributed by atoms with van der Waals surface area (Å²) in [5.41, 5.74) is 1.02. The number of rotatable bonds is 11. The van der Waals surface area contributed by atoms with Crippen LogP contribution in [0.5, 0.6) is 0 Å². The van der Waals surface area contributed by atoms with E-state index in [-0.39, 0.29) is 12.0 Å². The van der Waals surface area contributed by atoms with Gasteiger partial charge in [0.15, 0.2) is 5.79 Å². The van der Waals surface area contributed by atoms with Crippen molar-refractivity contribution in [2.24, 2.45) is 0 Å².